The lowest BCUT2D eigenvalue weighted by atomic mass is 10.1. The molecule has 7 heteroatoms. The summed E-state index contributed by atoms with van der Waals surface area (Å²) in [7, 11) is 0. The van der Waals surface area contributed by atoms with E-state index in [-0.39, 0.29) is 12.5 Å². The van der Waals surface area contributed by atoms with E-state index in [0.29, 0.717) is 23.9 Å². The van der Waals surface area contributed by atoms with E-state index in [1.165, 1.54) is 11.1 Å². The highest BCUT2D eigenvalue weighted by atomic mass is 35.5. The van der Waals surface area contributed by atoms with E-state index < -0.39 is 0 Å². The maximum absolute atomic E-state index is 12.3. The smallest absolute Gasteiger partial charge is 0.258 e. The van der Waals surface area contributed by atoms with Gasteiger partial charge in [0.1, 0.15) is 17.3 Å². The van der Waals surface area contributed by atoms with Crippen LogP contribution in [0.4, 0.5) is 0 Å². The van der Waals surface area contributed by atoms with E-state index in [4.69, 9.17) is 26.1 Å². The standard InChI is InChI=1S/C28H30ClN3O3/c1-20-9-12-24(17-21(20)2)34-16-6-5-15-32-26-8-4-3-7-25(26)31-27(32)18-30-28(33)19-35-23-13-10-22(29)11-14-23/h3-4,7-14,17H,5-6,15-16,18-19H2,1-2H3,(H,30,33). The van der Waals surface area contributed by atoms with Crippen LogP contribution in [-0.4, -0.2) is 28.7 Å². The van der Waals surface area contributed by atoms with Crippen LogP contribution in [0, 0.1) is 13.8 Å². The van der Waals surface area contributed by atoms with Crippen molar-refractivity contribution in [2.24, 2.45) is 0 Å². The first-order valence-electron chi connectivity index (χ1n) is 11.8. The molecule has 6 nitrogen and oxygen atoms in total. The van der Waals surface area contributed by atoms with Gasteiger partial charge in [0, 0.05) is 11.6 Å². The van der Waals surface area contributed by atoms with E-state index >= 15 is 0 Å². The third-order valence-electron chi connectivity index (χ3n) is 5.88. The molecule has 1 amide bonds. The SMILES string of the molecule is Cc1ccc(OCCCCn2c(CNC(=O)COc3ccc(Cl)cc3)nc3ccccc32)cc1C. The quantitative estimate of drug-likeness (QED) is 0.267. The number of unbranched alkanes of at least 4 members (excludes halogenated alkanes) is 1. The monoisotopic (exact) mass is 491 g/mol. The van der Waals surface area contributed by atoms with Gasteiger partial charge in [0.15, 0.2) is 6.61 Å². The summed E-state index contributed by atoms with van der Waals surface area (Å²) in [6.07, 6.45) is 1.85. The van der Waals surface area contributed by atoms with Crippen LogP contribution in [-0.2, 0) is 17.9 Å². The molecule has 0 unspecified atom stereocenters. The van der Waals surface area contributed by atoms with Crippen molar-refractivity contribution in [3.8, 4) is 11.5 Å². The first-order chi connectivity index (χ1) is 17.0. The number of carbonyl (C=O) groups is 1. The Bertz CT molecular complexity index is 1280. The molecule has 4 aromatic rings. The van der Waals surface area contributed by atoms with Crippen molar-refractivity contribution in [2.45, 2.75) is 39.8 Å². The van der Waals surface area contributed by atoms with Crippen LogP contribution in [0.5, 0.6) is 11.5 Å². The van der Waals surface area contributed by atoms with Gasteiger partial charge in [-0.2, -0.15) is 0 Å². The number of aryl methyl sites for hydroxylation is 3. The Kier molecular flexibility index (Phi) is 8.27. The predicted molar refractivity (Wildman–Crippen MR) is 139 cm³/mol. The number of hydrogen-bond acceptors (Lipinski definition) is 4. The maximum Gasteiger partial charge on any atom is 0.258 e. The fourth-order valence-electron chi connectivity index (χ4n) is 3.78. The summed E-state index contributed by atoms with van der Waals surface area (Å²) >= 11 is 5.88. The lowest BCUT2D eigenvalue weighted by molar-refractivity contribution is -0.123. The van der Waals surface area contributed by atoms with Crippen molar-refractivity contribution in [2.75, 3.05) is 13.2 Å². The molecule has 3 aromatic carbocycles. The van der Waals surface area contributed by atoms with Gasteiger partial charge in [-0.3, -0.25) is 4.79 Å². The van der Waals surface area contributed by atoms with Gasteiger partial charge < -0.3 is 19.4 Å². The van der Waals surface area contributed by atoms with Crippen molar-refractivity contribution in [1.29, 1.82) is 0 Å². The molecule has 0 aliphatic heterocycles. The largest absolute Gasteiger partial charge is 0.494 e. The van der Waals surface area contributed by atoms with Crippen molar-refractivity contribution in [3.05, 3.63) is 88.7 Å². The number of fused-ring (bicyclic) bond motifs is 1. The zero-order chi connectivity index (χ0) is 24.6. The number of carbonyl (C=O) groups excluding carboxylic acids is 1. The molecule has 182 valence electrons. The number of imidazole rings is 1. The predicted octanol–water partition coefficient (Wildman–Crippen LogP) is 5.86. The van der Waals surface area contributed by atoms with Crippen molar-refractivity contribution in [1.82, 2.24) is 14.9 Å². The molecular formula is C28H30ClN3O3. The van der Waals surface area contributed by atoms with E-state index in [1.54, 1.807) is 24.3 Å². The zero-order valence-corrected chi connectivity index (χ0v) is 20.8. The minimum atomic E-state index is -0.208. The van der Waals surface area contributed by atoms with Crippen LogP contribution < -0.4 is 14.8 Å². The maximum atomic E-state index is 12.3. The Morgan fingerprint density at radius 1 is 0.943 bits per heavy atom. The van der Waals surface area contributed by atoms with Crippen molar-refractivity contribution < 1.29 is 14.3 Å². The Hall–Kier alpha value is -3.51. The number of halogens is 1. The molecular weight excluding hydrogens is 462 g/mol. The van der Waals surface area contributed by atoms with E-state index in [9.17, 15) is 4.79 Å². The number of benzene rings is 3. The molecule has 35 heavy (non-hydrogen) atoms. The molecule has 0 radical (unpaired) electrons. The second-order valence-electron chi connectivity index (χ2n) is 8.49. The van der Waals surface area contributed by atoms with Gasteiger partial charge in [-0.05, 0) is 86.3 Å². The highest BCUT2D eigenvalue weighted by Crippen LogP contribution is 2.19. The summed E-state index contributed by atoms with van der Waals surface area (Å²) in [6.45, 7) is 5.90. The normalized spacial score (nSPS) is 10.9. The number of hydrogen-bond donors (Lipinski definition) is 1. The molecule has 0 saturated heterocycles. The van der Waals surface area contributed by atoms with Crippen LogP contribution in [0.15, 0.2) is 66.7 Å². The Balaban J connectivity index is 1.30. The third kappa shape index (κ3) is 6.76. The van der Waals surface area contributed by atoms with Gasteiger partial charge in [0.05, 0.1) is 24.2 Å². The third-order valence-corrected chi connectivity index (χ3v) is 6.14. The average molecular weight is 492 g/mol. The summed E-state index contributed by atoms with van der Waals surface area (Å²) in [6, 6.07) is 21.1. The highest BCUT2D eigenvalue weighted by molar-refractivity contribution is 6.30. The van der Waals surface area contributed by atoms with Crippen LogP contribution in [0.3, 0.4) is 0 Å². The average Bonchev–Trinajstić information content (AvgIpc) is 3.22. The van der Waals surface area contributed by atoms with E-state index in [0.717, 1.165) is 42.0 Å². The Labute approximate surface area is 210 Å². The molecule has 0 spiro atoms. The molecule has 0 fully saturated rings. The molecule has 1 heterocycles. The first-order valence-corrected chi connectivity index (χ1v) is 12.2. The fourth-order valence-corrected chi connectivity index (χ4v) is 3.91. The number of aromatic nitrogens is 2. The van der Waals surface area contributed by atoms with Gasteiger partial charge in [-0.1, -0.05) is 29.8 Å². The Morgan fingerprint density at radius 3 is 2.51 bits per heavy atom. The minimum Gasteiger partial charge on any atom is -0.494 e. The van der Waals surface area contributed by atoms with E-state index in [1.807, 2.05) is 24.3 Å². The van der Waals surface area contributed by atoms with Crippen LogP contribution >= 0.6 is 11.6 Å². The first kappa shape index (κ1) is 24.6. The summed E-state index contributed by atoms with van der Waals surface area (Å²) in [5.41, 5.74) is 4.47. The van der Waals surface area contributed by atoms with Crippen molar-refractivity contribution in [3.63, 3.8) is 0 Å². The highest BCUT2D eigenvalue weighted by Gasteiger charge is 2.12. The van der Waals surface area contributed by atoms with Gasteiger partial charge in [0.25, 0.3) is 5.91 Å². The molecule has 0 aliphatic rings. The van der Waals surface area contributed by atoms with Gasteiger partial charge >= 0.3 is 0 Å². The molecule has 0 atom stereocenters. The van der Waals surface area contributed by atoms with Gasteiger partial charge in [-0.25, -0.2) is 4.98 Å². The number of para-hydroxylation sites is 2. The Morgan fingerprint density at radius 2 is 1.71 bits per heavy atom. The summed E-state index contributed by atoms with van der Waals surface area (Å²) < 4.78 is 13.6. The fraction of sp³-hybridized carbons (Fsp3) is 0.286. The number of nitrogens with zero attached hydrogens (tertiary/aromatic N) is 2. The van der Waals surface area contributed by atoms with Gasteiger partial charge in [0.2, 0.25) is 0 Å². The number of nitrogens with one attached hydrogen (secondary N) is 1. The van der Waals surface area contributed by atoms with Crippen LogP contribution in [0.25, 0.3) is 11.0 Å². The van der Waals surface area contributed by atoms with Crippen molar-refractivity contribution >= 4 is 28.5 Å². The number of rotatable bonds is 11. The summed E-state index contributed by atoms with van der Waals surface area (Å²) in [5.74, 6) is 2.12. The zero-order valence-electron chi connectivity index (χ0n) is 20.1. The molecule has 0 bridgehead atoms. The summed E-state index contributed by atoms with van der Waals surface area (Å²) in [4.78, 5) is 17.1. The summed E-state index contributed by atoms with van der Waals surface area (Å²) in [5, 5.41) is 3.54. The number of amides is 1. The molecule has 4 rings (SSSR count). The number of ether oxygens (including phenoxy) is 2. The molecule has 1 N–H and O–H groups in total. The molecule has 0 aliphatic carbocycles. The second-order valence-corrected chi connectivity index (χ2v) is 8.93. The van der Waals surface area contributed by atoms with Gasteiger partial charge in [-0.15, -0.1) is 0 Å². The second kappa shape index (κ2) is 11.8. The topological polar surface area (TPSA) is 65.4 Å². The lowest BCUT2D eigenvalue weighted by Crippen LogP contribution is -2.29. The molecule has 0 saturated carbocycles. The van der Waals surface area contributed by atoms with E-state index in [2.05, 4.69) is 41.9 Å². The van der Waals surface area contributed by atoms with Crippen LogP contribution in [0.2, 0.25) is 5.02 Å². The van der Waals surface area contributed by atoms with Crippen LogP contribution in [0.1, 0.15) is 29.8 Å². The minimum absolute atomic E-state index is 0.0717. The molecule has 1 aromatic heterocycles. The lowest BCUT2D eigenvalue weighted by Gasteiger charge is -2.12.